The fraction of sp³-hybridized carbons (Fsp3) is 0. The average Bonchev–Trinajstić information content (AvgIpc) is 2.97. The highest BCUT2D eigenvalue weighted by atomic mass is 32.1. The lowest BCUT2D eigenvalue weighted by atomic mass is 10.0. The minimum atomic E-state index is -0.137. The Labute approximate surface area is 135 Å². The van der Waals surface area contributed by atoms with Crippen molar-refractivity contribution in [3.8, 4) is 27.3 Å². The third-order valence-corrected chi connectivity index (χ3v) is 4.90. The number of aromatic amines is 1. The van der Waals surface area contributed by atoms with Crippen molar-refractivity contribution in [2.24, 2.45) is 0 Å². The molecule has 0 bridgehead atoms. The Morgan fingerprint density at radius 3 is 2.43 bits per heavy atom. The van der Waals surface area contributed by atoms with Gasteiger partial charge in [0.1, 0.15) is 10.4 Å². The van der Waals surface area contributed by atoms with Crippen LogP contribution in [0.25, 0.3) is 31.8 Å². The molecule has 5 heteroatoms. The third kappa shape index (κ3) is 2.31. The van der Waals surface area contributed by atoms with Crippen molar-refractivity contribution < 1.29 is 5.11 Å². The summed E-state index contributed by atoms with van der Waals surface area (Å²) in [6, 6.07) is 16.9. The van der Waals surface area contributed by atoms with Crippen LogP contribution in [-0.4, -0.2) is 15.1 Å². The summed E-state index contributed by atoms with van der Waals surface area (Å²) in [5, 5.41) is 9.53. The van der Waals surface area contributed by atoms with Crippen LogP contribution in [0.1, 0.15) is 0 Å². The summed E-state index contributed by atoms with van der Waals surface area (Å²) >= 11 is 1.43. The molecule has 2 aromatic heterocycles. The molecule has 4 rings (SSSR count). The Balaban J connectivity index is 2.09. The molecule has 23 heavy (non-hydrogen) atoms. The standard InChI is InChI=1S/C18H12N2O2S/c21-13-8-6-11(7-9-13)14-15-17(18(22)20-10-19-15)23-16(14)12-4-2-1-3-5-12/h1-10,21H,(H,19,20,22). The van der Waals surface area contributed by atoms with Crippen LogP contribution in [0.4, 0.5) is 0 Å². The highest BCUT2D eigenvalue weighted by molar-refractivity contribution is 7.22. The zero-order chi connectivity index (χ0) is 15.8. The van der Waals surface area contributed by atoms with Crippen molar-refractivity contribution in [3.05, 3.63) is 71.3 Å². The fourth-order valence-corrected chi connectivity index (χ4v) is 3.79. The maximum absolute atomic E-state index is 12.1. The number of thiophene rings is 1. The van der Waals surface area contributed by atoms with E-state index in [-0.39, 0.29) is 11.3 Å². The number of H-pyrrole nitrogens is 1. The van der Waals surface area contributed by atoms with Crippen LogP contribution in [0, 0.1) is 0 Å². The number of fused-ring (bicyclic) bond motifs is 1. The normalized spacial score (nSPS) is 11.0. The van der Waals surface area contributed by atoms with Crippen LogP contribution in [0.3, 0.4) is 0 Å². The van der Waals surface area contributed by atoms with E-state index < -0.39 is 0 Å². The number of phenolic OH excluding ortho intramolecular Hbond substituents is 1. The van der Waals surface area contributed by atoms with Gasteiger partial charge in [0.15, 0.2) is 0 Å². The first-order chi connectivity index (χ1) is 11.2. The zero-order valence-corrected chi connectivity index (χ0v) is 12.8. The highest BCUT2D eigenvalue weighted by Gasteiger charge is 2.18. The number of benzene rings is 2. The van der Waals surface area contributed by atoms with Gasteiger partial charge in [-0.2, -0.15) is 0 Å². The van der Waals surface area contributed by atoms with Gasteiger partial charge in [-0.15, -0.1) is 11.3 Å². The SMILES string of the molecule is O=c1[nH]cnc2c(-c3ccc(O)cc3)c(-c3ccccc3)sc12. The quantitative estimate of drug-likeness (QED) is 0.586. The molecule has 0 atom stereocenters. The number of rotatable bonds is 2. The molecule has 4 nitrogen and oxygen atoms in total. The third-order valence-electron chi connectivity index (χ3n) is 3.67. The Hall–Kier alpha value is -2.92. The van der Waals surface area contributed by atoms with E-state index in [1.165, 1.54) is 17.7 Å². The molecule has 0 aliphatic heterocycles. The number of hydrogen-bond acceptors (Lipinski definition) is 4. The summed E-state index contributed by atoms with van der Waals surface area (Å²) in [5.41, 5.74) is 3.43. The van der Waals surface area contributed by atoms with E-state index >= 15 is 0 Å². The van der Waals surface area contributed by atoms with E-state index in [4.69, 9.17) is 0 Å². The number of hydrogen-bond donors (Lipinski definition) is 2. The summed E-state index contributed by atoms with van der Waals surface area (Å²) in [6.45, 7) is 0. The van der Waals surface area contributed by atoms with Crippen molar-refractivity contribution >= 4 is 21.6 Å². The predicted molar refractivity (Wildman–Crippen MR) is 92.8 cm³/mol. The molecule has 4 aromatic rings. The number of nitrogens with zero attached hydrogens (tertiary/aromatic N) is 1. The second-order valence-electron chi connectivity index (χ2n) is 5.13. The van der Waals surface area contributed by atoms with Gasteiger partial charge in [-0.25, -0.2) is 4.98 Å². The van der Waals surface area contributed by atoms with Gasteiger partial charge in [0, 0.05) is 10.4 Å². The number of phenols is 1. The molecule has 0 amide bonds. The minimum absolute atomic E-state index is 0.137. The van der Waals surface area contributed by atoms with Gasteiger partial charge in [0.25, 0.3) is 5.56 Å². The van der Waals surface area contributed by atoms with Crippen LogP contribution in [0.5, 0.6) is 5.75 Å². The molecule has 112 valence electrons. The molecule has 0 unspecified atom stereocenters. The summed E-state index contributed by atoms with van der Waals surface area (Å²) in [6.07, 6.45) is 1.43. The van der Waals surface area contributed by atoms with Crippen molar-refractivity contribution in [2.75, 3.05) is 0 Å². The number of nitrogens with one attached hydrogen (secondary N) is 1. The number of aromatic hydroxyl groups is 1. The predicted octanol–water partition coefficient (Wildman–Crippen LogP) is 4.02. The van der Waals surface area contributed by atoms with Crippen LogP contribution >= 0.6 is 11.3 Å². The molecule has 0 saturated carbocycles. The van der Waals surface area contributed by atoms with Crippen molar-refractivity contribution in [3.63, 3.8) is 0 Å². The van der Waals surface area contributed by atoms with Crippen molar-refractivity contribution in [1.82, 2.24) is 9.97 Å². The van der Waals surface area contributed by atoms with Gasteiger partial charge >= 0.3 is 0 Å². The molecule has 0 aliphatic rings. The second kappa shape index (κ2) is 5.37. The van der Waals surface area contributed by atoms with Gasteiger partial charge in [-0.05, 0) is 23.3 Å². The van der Waals surface area contributed by atoms with E-state index in [2.05, 4.69) is 9.97 Å². The van der Waals surface area contributed by atoms with E-state index in [0.717, 1.165) is 21.6 Å². The first-order valence-electron chi connectivity index (χ1n) is 7.09. The summed E-state index contributed by atoms with van der Waals surface area (Å²) in [5.74, 6) is 0.209. The van der Waals surface area contributed by atoms with Gasteiger partial charge in [-0.1, -0.05) is 42.5 Å². The largest absolute Gasteiger partial charge is 0.508 e. The Morgan fingerprint density at radius 1 is 0.957 bits per heavy atom. The topological polar surface area (TPSA) is 66.0 Å². The highest BCUT2D eigenvalue weighted by Crippen LogP contribution is 2.42. The number of aromatic nitrogens is 2. The molecule has 2 heterocycles. The van der Waals surface area contributed by atoms with Gasteiger partial charge in [-0.3, -0.25) is 4.79 Å². The van der Waals surface area contributed by atoms with E-state index in [0.29, 0.717) is 10.2 Å². The lowest BCUT2D eigenvalue weighted by Crippen LogP contribution is -2.03. The van der Waals surface area contributed by atoms with E-state index in [9.17, 15) is 9.90 Å². The maximum Gasteiger partial charge on any atom is 0.268 e. The van der Waals surface area contributed by atoms with Gasteiger partial charge in [0.2, 0.25) is 0 Å². The van der Waals surface area contributed by atoms with Crippen LogP contribution in [-0.2, 0) is 0 Å². The fourth-order valence-electron chi connectivity index (χ4n) is 2.61. The first-order valence-corrected chi connectivity index (χ1v) is 7.91. The monoisotopic (exact) mass is 320 g/mol. The van der Waals surface area contributed by atoms with Crippen LogP contribution in [0.15, 0.2) is 65.7 Å². The molecule has 0 spiro atoms. The molecule has 0 saturated heterocycles. The van der Waals surface area contributed by atoms with Gasteiger partial charge < -0.3 is 10.1 Å². The average molecular weight is 320 g/mol. The first kappa shape index (κ1) is 13.7. The van der Waals surface area contributed by atoms with E-state index in [1.807, 2.05) is 42.5 Å². The Bertz CT molecular complexity index is 1030. The molecular formula is C18H12N2O2S. The van der Waals surface area contributed by atoms with Crippen molar-refractivity contribution in [1.29, 1.82) is 0 Å². The Morgan fingerprint density at radius 2 is 1.70 bits per heavy atom. The van der Waals surface area contributed by atoms with Gasteiger partial charge in [0.05, 0.1) is 11.8 Å². The van der Waals surface area contributed by atoms with Crippen molar-refractivity contribution in [2.45, 2.75) is 0 Å². The zero-order valence-electron chi connectivity index (χ0n) is 12.0. The minimum Gasteiger partial charge on any atom is -0.508 e. The lowest BCUT2D eigenvalue weighted by Gasteiger charge is -2.05. The van der Waals surface area contributed by atoms with Crippen LogP contribution < -0.4 is 5.56 Å². The second-order valence-corrected chi connectivity index (χ2v) is 6.15. The molecular weight excluding hydrogens is 308 g/mol. The summed E-state index contributed by atoms with van der Waals surface area (Å²) in [4.78, 5) is 20.1. The summed E-state index contributed by atoms with van der Waals surface area (Å²) < 4.78 is 0.606. The smallest absolute Gasteiger partial charge is 0.268 e. The lowest BCUT2D eigenvalue weighted by molar-refractivity contribution is 0.475. The van der Waals surface area contributed by atoms with Crippen LogP contribution in [0.2, 0.25) is 0 Å². The Kier molecular flexibility index (Phi) is 3.20. The molecule has 2 aromatic carbocycles. The molecule has 0 fully saturated rings. The molecule has 0 aliphatic carbocycles. The maximum atomic E-state index is 12.1. The summed E-state index contributed by atoms with van der Waals surface area (Å²) in [7, 11) is 0. The molecule has 2 N–H and O–H groups in total. The molecule has 0 radical (unpaired) electrons. The van der Waals surface area contributed by atoms with E-state index in [1.54, 1.807) is 12.1 Å².